The standard InChI is InChI=1S/C12H14N2O2/c1-9-13-6-7-14(9)8-12(16)10-4-2-3-5-11(10)15/h2-7,12,15-16H,8H2,1H3. The Morgan fingerprint density at radius 2 is 2.12 bits per heavy atom. The fourth-order valence-electron chi connectivity index (χ4n) is 1.65. The summed E-state index contributed by atoms with van der Waals surface area (Å²) in [6.45, 7) is 2.26. The van der Waals surface area contributed by atoms with Crippen LogP contribution in [-0.2, 0) is 6.54 Å². The van der Waals surface area contributed by atoms with E-state index in [4.69, 9.17) is 0 Å². The first-order chi connectivity index (χ1) is 7.68. The van der Waals surface area contributed by atoms with Crippen molar-refractivity contribution in [1.29, 1.82) is 0 Å². The smallest absolute Gasteiger partial charge is 0.121 e. The van der Waals surface area contributed by atoms with Crippen LogP contribution in [0, 0.1) is 6.92 Å². The Kier molecular flexibility index (Phi) is 2.92. The fraction of sp³-hybridized carbons (Fsp3) is 0.250. The lowest BCUT2D eigenvalue weighted by atomic mass is 10.1. The average Bonchev–Trinajstić information content (AvgIpc) is 2.65. The maximum absolute atomic E-state index is 9.99. The molecule has 0 saturated heterocycles. The van der Waals surface area contributed by atoms with E-state index >= 15 is 0 Å². The van der Waals surface area contributed by atoms with Crippen LogP contribution >= 0.6 is 0 Å². The van der Waals surface area contributed by atoms with Crippen LogP contribution in [0.15, 0.2) is 36.7 Å². The highest BCUT2D eigenvalue weighted by Crippen LogP contribution is 2.24. The third kappa shape index (κ3) is 2.06. The SMILES string of the molecule is Cc1nccn1CC(O)c1ccccc1O. The summed E-state index contributed by atoms with van der Waals surface area (Å²) < 4.78 is 1.84. The van der Waals surface area contributed by atoms with Gasteiger partial charge in [-0.15, -0.1) is 0 Å². The molecule has 2 N–H and O–H groups in total. The van der Waals surface area contributed by atoms with Crippen LogP contribution in [0.25, 0.3) is 0 Å². The third-order valence-corrected chi connectivity index (χ3v) is 2.59. The van der Waals surface area contributed by atoms with E-state index in [2.05, 4.69) is 4.98 Å². The van der Waals surface area contributed by atoms with Gasteiger partial charge in [0.2, 0.25) is 0 Å². The second-order valence-corrected chi connectivity index (χ2v) is 3.70. The minimum atomic E-state index is -0.728. The number of para-hydroxylation sites is 1. The molecule has 1 aromatic carbocycles. The number of hydrogen-bond acceptors (Lipinski definition) is 3. The van der Waals surface area contributed by atoms with Gasteiger partial charge in [-0.3, -0.25) is 0 Å². The zero-order valence-corrected chi connectivity index (χ0v) is 9.04. The summed E-state index contributed by atoms with van der Waals surface area (Å²) in [5.41, 5.74) is 0.538. The molecule has 4 heteroatoms. The number of benzene rings is 1. The predicted octanol–water partition coefficient (Wildman–Crippen LogP) is 1.63. The number of rotatable bonds is 3. The molecule has 1 aromatic heterocycles. The van der Waals surface area contributed by atoms with E-state index < -0.39 is 6.10 Å². The van der Waals surface area contributed by atoms with Gasteiger partial charge in [-0.1, -0.05) is 18.2 Å². The molecule has 0 aliphatic heterocycles. The fourth-order valence-corrected chi connectivity index (χ4v) is 1.65. The first kappa shape index (κ1) is 10.7. The van der Waals surface area contributed by atoms with Crippen molar-refractivity contribution in [2.24, 2.45) is 0 Å². The number of nitrogens with zero attached hydrogens (tertiary/aromatic N) is 2. The van der Waals surface area contributed by atoms with Gasteiger partial charge >= 0.3 is 0 Å². The van der Waals surface area contributed by atoms with Crippen LogP contribution in [0.5, 0.6) is 5.75 Å². The summed E-state index contributed by atoms with van der Waals surface area (Å²) in [5.74, 6) is 0.960. The van der Waals surface area contributed by atoms with Gasteiger partial charge in [-0.2, -0.15) is 0 Å². The quantitative estimate of drug-likeness (QED) is 0.823. The molecule has 84 valence electrons. The third-order valence-electron chi connectivity index (χ3n) is 2.59. The number of phenols is 1. The van der Waals surface area contributed by atoms with Gasteiger partial charge in [0.15, 0.2) is 0 Å². The highest BCUT2D eigenvalue weighted by atomic mass is 16.3. The van der Waals surface area contributed by atoms with E-state index in [1.54, 1.807) is 36.7 Å². The van der Waals surface area contributed by atoms with E-state index in [9.17, 15) is 10.2 Å². The second-order valence-electron chi connectivity index (χ2n) is 3.70. The van der Waals surface area contributed by atoms with Gasteiger partial charge in [-0.05, 0) is 13.0 Å². The normalized spacial score (nSPS) is 12.6. The lowest BCUT2D eigenvalue weighted by molar-refractivity contribution is 0.152. The van der Waals surface area contributed by atoms with Gasteiger partial charge in [0, 0.05) is 18.0 Å². The van der Waals surface area contributed by atoms with Crippen molar-refractivity contribution < 1.29 is 10.2 Å². The van der Waals surface area contributed by atoms with Gasteiger partial charge in [-0.25, -0.2) is 4.98 Å². The Morgan fingerprint density at radius 3 is 2.75 bits per heavy atom. The van der Waals surface area contributed by atoms with Crippen LogP contribution < -0.4 is 0 Å². The van der Waals surface area contributed by atoms with Crippen LogP contribution in [0.4, 0.5) is 0 Å². The second kappa shape index (κ2) is 4.37. The van der Waals surface area contributed by atoms with Crippen LogP contribution in [-0.4, -0.2) is 19.8 Å². The highest BCUT2D eigenvalue weighted by molar-refractivity contribution is 5.33. The minimum Gasteiger partial charge on any atom is -0.508 e. The monoisotopic (exact) mass is 218 g/mol. The molecule has 0 spiro atoms. The Hall–Kier alpha value is -1.81. The van der Waals surface area contributed by atoms with Gasteiger partial charge in [0.1, 0.15) is 17.7 Å². The Balaban J connectivity index is 2.18. The van der Waals surface area contributed by atoms with Gasteiger partial charge < -0.3 is 14.8 Å². The van der Waals surface area contributed by atoms with Crippen molar-refractivity contribution in [2.75, 3.05) is 0 Å². The average molecular weight is 218 g/mol. The number of aliphatic hydroxyl groups is 1. The summed E-state index contributed by atoms with van der Waals surface area (Å²) >= 11 is 0. The molecule has 4 nitrogen and oxygen atoms in total. The summed E-state index contributed by atoms with van der Waals surface area (Å²) in [7, 11) is 0. The molecule has 0 saturated carbocycles. The summed E-state index contributed by atoms with van der Waals surface area (Å²) in [6, 6.07) is 6.80. The molecule has 1 unspecified atom stereocenters. The Morgan fingerprint density at radius 1 is 1.38 bits per heavy atom. The van der Waals surface area contributed by atoms with E-state index in [1.165, 1.54) is 0 Å². The number of phenolic OH excluding ortho intramolecular Hbond substituents is 1. The van der Waals surface area contributed by atoms with Crippen LogP contribution in [0.3, 0.4) is 0 Å². The van der Waals surface area contributed by atoms with Crippen molar-refractivity contribution in [3.8, 4) is 5.75 Å². The summed E-state index contributed by atoms with van der Waals surface area (Å²) in [6.07, 6.45) is 2.76. The van der Waals surface area contributed by atoms with Crippen molar-refractivity contribution in [1.82, 2.24) is 9.55 Å². The van der Waals surface area contributed by atoms with Gasteiger partial charge in [0.05, 0.1) is 6.54 Å². The first-order valence-electron chi connectivity index (χ1n) is 5.12. The molecule has 1 heterocycles. The molecule has 1 atom stereocenters. The largest absolute Gasteiger partial charge is 0.508 e. The molecule has 2 rings (SSSR count). The molecule has 0 aliphatic carbocycles. The molecule has 0 radical (unpaired) electrons. The first-order valence-corrected chi connectivity index (χ1v) is 5.12. The predicted molar refractivity (Wildman–Crippen MR) is 60.0 cm³/mol. The Bertz CT molecular complexity index is 479. The number of hydrogen-bond donors (Lipinski definition) is 2. The molecule has 0 amide bonds. The van der Waals surface area contributed by atoms with Crippen LogP contribution in [0.2, 0.25) is 0 Å². The molecular formula is C12H14N2O2. The molecule has 16 heavy (non-hydrogen) atoms. The van der Waals surface area contributed by atoms with Crippen molar-refractivity contribution in [3.63, 3.8) is 0 Å². The van der Waals surface area contributed by atoms with E-state index in [1.807, 2.05) is 11.5 Å². The van der Waals surface area contributed by atoms with Crippen LogP contribution in [0.1, 0.15) is 17.5 Å². The number of aromatic hydroxyl groups is 1. The molecule has 2 aromatic rings. The van der Waals surface area contributed by atoms with Crippen molar-refractivity contribution in [2.45, 2.75) is 19.6 Å². The molecular weight excluding hydrogens is 204 g/mol. The van der Waals surface area contributed by atoms with Crippen molar-refractivity contribution in [3.05, 3.63) is 48.0 Å². The highest BCUT2D eigenvalue weighted by Gasteiger charge is 2.12. The number of aliphatic hydroxyl groups excluding tert-OH is 1. The zero-order chi connectivity index (χ0) is 11.5. The van der Waals surface area contributed by atoms with Gasteiger partial charge in [0.25, 0.3) is 0 Å². The van der Waals surface area contributed by atoms with E-state index in [0.29, 0.717) is 12.1 Å². The molecule has 0 bridgehead atoms. The zero-order valence-electron chi connectivity index (χ0n) is 9.04. The maximum Gasteiger partial charge on any atom is 0.121 e. The topological polar surface area (TPSA) is 58.3 Å². The number of aryl methyl sites for hydroxylation is 1. The van der Waals surface area contributed by atoms with E-state index in [0.717, 1.165) is 5.82 Å². The summed E-state index contributed by atoms with van der Waals surface area (Å²) in [4.78, 5) is 4.08. The molecule has 0 aliphatic rings. The lowest BCUT2D eigenvalue weighted by Gasteiger charge is -2.14. The summed E-state index contributed by atoms with van der Waals surface area (Å²) in [5, 5.41) is 19.6. The number of aromatic nitrogens is 2. The Labute approximate surface area is 93.8 Å². The number of imidazole rings is 1. The molecule has 0 fully saturated rings. The minimum absolute atomic E-state index is 0.118. The van der Waals surface area contributed by atoms with E-state index in [-0.39, 0.29) is 5.75 Å². The lowest BCUT2D eigenvalue weighted by Crippen LogP contribution is -2.09. The maximum atomic E-state index is 9.99. The van der Waals surface area contributed by atoms with Crippen molar-refractivity contribution >= 4 is 0 Å².